The molecule has 21 heavy (non-hydrogen) atoms. The molecule has 2 rings (SSSR count). The third-order valence-electron chi connectivity index (χ3n) is 3.90. The van der Waals surface area contributed by atoms with E-state index >= 15 is 0 Å². The summed E-state index contributed by atoms with van der Waals surface area (Å²) in [6.45, 7) is 4.29. The first-order chi connectivity index (χ1) is 10.1. The van der Waals surface area contributed by atoms with Crippen LogP contribution in [0, 0.1) is 0 Å². The number of hydrogen-bond donors (Lipinski definition) is 1. The molecule has 1 N–H and O–H groups in total. The molecule has 0 aliphatic carbocycles. The molecule has 118 valence electrons. The van der Waals surface area contributed by atoms with Crippen molar-refractivity contribution >= 4 is 23.5 Å². The van der Waals surface area contributed by atoms with Crippen LogP contribution >= 0.6 is 23.5 Å². The monoisotopic (exact) mass is 327 g/mol. The first-order valence-electron chi connectivity index (χ1n) is 7.25. The lowest BCUT2D eigenvalue weighted by Crippen LogP contribution is -2.32. The number of hydrogen-bond acceptors (Lipinski definition) is 5. The maximum Gasteiger partial charge on any atom is 0.161 e. The molecule has 1 atom stereocenters. The van der Waals surface area contributed by atoms with Crippen LogP contribution in [0.2, 0.25) is 0 Å². The van der Waals surface area contributed by atoms with Gasteiger partial charge in [0.05, 0.1) is 14.2 Å². The molecule has 1 aliphatic rings. The molecular formula is C16H25NO2S2. The quantitative estimate of drug-likeness (QED) is 0.770. The Morgan fingerprint density at radius 1 is 1.29 bits per heavy atom. The Balaban J connectivity index is 2.04. The summed E-state index contributed by atoms with van der Waals surface area (Å²) in [6, 6.07) is 4.15. The van der Waals surface area contributed by atoms with Gasteiger partial charge in [0, 0.05) is 22.7 Å². The van der Waals surface area contributed by atoms with Gasteiger partial charge in [0.1, 0.15) is 0 Å². The number of nitrogens with one attached hydrogen (secondary N) is 1. The summed E-state index contributed by atoms with van der Waals surface area (Å²) >= 11 is 3.84. The zero-order chi connectivity index (χ0) is 15.3. The number of ether oxygens (including phenoxy) is 2. The van der Waals surface area contributed by atoms with E-state index in [4.69, 9.17) is 9.47 Å². The molecule has 0 bridgehead atoms. The van der Waals surface area contributed by atoms with Crippen molar-refractivity contribution in [1.82, 2.24) is 5.32 Å². The van der Waals surface area contributed by atoms with Gasteiger partial charge in [-0.15, -0.1) is 11.8 Å². The van der Waals surface area contributed by atoms with Crippen LogP contribution in [0.25, 0.3) is 0 Å². The lowest BCUT2D eigenvalue weighted by molar-refractivity contribution is 0.353. The number of methoxy groups -OCH3 is 2. The zero-order valence-corrected chi connectivity index (χ0v) is 15.0. The van der Waals surface area contributed by atoms with Crippen LogP contribution in [0.5, 0.6) is 11.5 Å². The molecule has 1 aromatic carbocycles. The second-order valence-corrected chi connectivity index (χ2v) is 8.06. The topological polar surface area (TPSA) is 30.5 Å². The predicted molar refractivity (Wildman–Crippen MR) is 93.1 cm³/mol. The van der Waals surface area contributed by atoms with Crippen molar-refractivity contribution in [2.75, 3.05) is 32.8 Å². The fourth-order valence-corrected chi connectivity index (χ4v) is 4.56. The average Bonchev–Trinajstić information content (AvgIpc) is 2.93. The third kappa shape index (κ3) is 4.24. The predicted octanol–water partition coefficient (Wildman–Crippen LogP) is 3.80. The maximum atomic E-state index is 5.41. The summed E-state index contributed by atoms with van der Waals surface area (Å²) in [5, 5.41) is 3.62. The highest BCUT2D eigenvalue weighted by molar-refractivity contribution is 8.00. The summed E-state index contributed by atoms with van der Waals surface area (Å²) in [4.78, 5) is 1.24. The molecule has 5 heteroatoms. The van der Waals surface area contributed by atoms with Crippen LogP contribution in [0.15, 0.2) is 17.0 Å². The normalized spacial score (nSPS) is 21.5. The van der Waals surface area contributed by atoms with Gasteiger partial charge in [0.2, 0.25) is 0 Å². The van der Waals surface area contributed by atoms with Crippen LogP contribution in [0.4, 0.5) is 0 Å². The minimum Gasteiger partial charge on any atom is -0.493 e. The van der Waals surface area contributed by atoms with Crippen LogP contribution in [0.1, 0.15) is 25.3 Å². The Morgan fingerprint density at radius 2 is 2.00 bits per heavy atom. The maximum absolute atomic E-state index is 5.41. The van der Waals surface area contributed by atoms with Crippen molar-refractivity contribution in [2.45, 2.75) is 36.0 Å². The molecule has 0 radical (unpaired) electrons. The van der Waals surface area contributed by atoms with Gasteiger partial charge in [0.15, 0.2) is 11.5 Å². The van der Waals surface area contributed by atoms with E-state index in [0.717, 1.165) is 24.6 Å². The highest BCUT2D eigenvalue weighted by Crippen LogP contribution is 2.37. The van der Waals surface area contributed by atoms with E-state index in [-0.39, 0.29) is 0 Å². The highest BCUT2D eigenvalue weighted by Gasteiger charge is 2.28. The average molecular weight is 328 g/mol. The second kappa shape index (κ2) is 7.65. The first-order valence-corrected chi connectivity index (χ1v) is 9.46. The number of rotatable bonds is 7. The van der Waals surface area contributed by atoms with Crippen molar-refractivity contribution in [3.8, 4) is 11.5 Å². The standard InChI is InChI=1S/C16H25NO2S2/c1-16(6-5-7-21-16)11-17-10-12-8-13(18-2)14(19-3)9-15(12)20-4/h8-9,17H,5-7,10-11H2,1-4H3. The highest BCUT2D eigenvalue weighted by atomic mass is 32.2. The number of thioether (sulfide) groups is 2. The Labute approximate surface area is 136 Å². The van der Waals surface area contributed by atoms with E-state index in [2.05, 4.69) is 42.4 Å². The molecule has 1 aliphatic heterocycles. The summed E-state index contributed by atoms with van der Waals surface area (Å²) < 4.78 is 11.2. The second-order valence-electron chi connectivity index (χ2n) is 5.52. The molecule has 3 nitrogen and oxygen atoms in total. The summed E-state index contributed by atoms with van der Waals surface area (Å²) in [6.07, 6.45) is 4.75. The minimum atomic E-state index is 0.399. The van der Waals surface area contributed by atoms with Crippen molar-refractivity contribution in [3.05, 3.63) is 17.7 Å². The van der Waals surface area contributed by atoms with Gasteiger partial charge in [-0.25, -0.2) is 0 Å². The van der Waals surface area contributed by atoms with Gasteiger partial charge in [-0.2, -0.15) is 11.8 Å². The molecule has 0 saturated carbocycles. The van der Waals surface area contributed by atoms with Crippen LogP contribution < -0.4 is 14.8 Å². The number of benzene rings is 1. The van der Waals surface area contributed by atoms with Gasteiger partial charge in [0.25, 0.3) is 0 Å². The van der Waals surface area contributed by atoms with Crippen LogP contribution in [-0.2, 0) is 6.54 Å². The lowest BCUT2D eigenvalue weighted by atomic mass is 10.1. The zero-order valence-electron chi connectivity index (χ0n) is 13.3. The van der Waals surface area contributed by atoms with Crippen molar-refractivity contribution in [1.29, 1.82) is 0 Å². The SMILES string of the molecule is COc1cc(CNCC2(C)CCCS2)c(SC)cc1OC. The molecule has 1 saturated heterocycles. The largest absolute Gasteiger partial charge is 0.493 e. The van der Waals surface area contributed by atoms with Gasteiger partial charge < -0.3 is 14.8 Å². The molecule has 0 aromatic heterocycles. The molecule has 0 spiro atoms. The van der Waals surface area contributed by atoms with E-state index in [1.54, 1.807) is 26.0 Å². The van der Waals surface area contributed by atoms with E-state index in [9.17, 15) is 0 Å². The fourth-order valence-electron chi connectivity index (χ4n) is 2.67. The van der Waals surface area contributed by atoms with Crippen molar-refractivity contribution < 1.29 is 9.47 Å². The molecule has 1 heterocycles. The first kappa shape index (κ1) is 16.8. The molecular weight excluding hydrogens is 302 g/mol. The van der Waals surface area contributed by atoms with Gasteiger partial charge in [-0.1, -0.05) is 0 Å². The fraction of sp³-hybridized carbons (Fsp3) is 0.625. The minimum absolute atomic E-state index is 0.399. The third-order valence-corrected chi connectivity index (χ3v) is 6.26. The van der Waals surface area contributed by atoms with E-state index in [1.807, 2.05) is 0 Å². The Bertz CT molecular complexity index is 474. The summed E-state index contributed by atoms with van der Waals surface area (Å²) in [5.74, 6) is 2.89. The lowest BCUT2D eigenvalue weighted by Gasteiger charge is -2.23. The van der Waals surface area contributed by atoms with E-state index < -0.39 is 0 Å². The van der Waals surface area contributed by atoms with Crippen LogP contribution in [0.3, 0.4) is 0 Å². The van der Waals surface area contributed by atoms with Gasteiger partial charge in [-0.3, -0.25) is 0 Å². The van der Waals surface area contributed by atoms with Crippen molar-refractivity contribution in [3.63, 3.8) is 0 Å². The molecule has 1 unspecified atom stereocenters. The Hall–Kier alpha value is -0.520. The van der Waals surface area contributed by atoms with Gasteiger partial charge >= 0.3 is 0 Å². The van der Waals surface area contributed by atoms with E-state index in [0.29, 0.717) is 4.75 Å². The molecule has 1 aromatic rings. The smallest absolute Gasteiger partial charge is 0.161 e. The van der Waals surface area contributed by atoms with Crippen molar-refractivity contribution in [2.24, 2.45) is 0 Å². The summed E-state index contributed by atoms with van der Waals surface area (Å²) in [7, 11) is 3.36. The molecule has 1 fully saturated rings. The Morgan fingerprint density at radius 3 is 2.57 bits per heavy atom. The molecule has 0 amide bonds. The summed E-state index contributed by atoms with van der Waals surface area (Å²) in [5.41, 5.74) is 1.27. The van der Waals surface area contributed by atoms with Crippen LogP contribution in [-0.4, -0.2) is 37.5 Å². The van der Waals surface area contributed by atoms with E-state index in [1.165, 1.54) is 29.1 Å². The van der Waals surface area contributed by atoms with Gasteiger partial charge in [-0.05, 0) is 49.5 Å². The Kier molecular flexibility index (Phi) is 6.14.